The molecule has 4 nitrogen and oxygen atoms in total. The minimum Gasteiger partial charge on any atom is -0.354 e. The third-order valence-corrected chi connectivity index (χ3v) is 3.58. The number of nitrogens with zero attached hydrogens (tertiary/aromatic N) is 2. The Morgan fingerprint density at radius 3 is 2.18 bits per heavy atom. The van der Waals surface area contributed by atoms with Gasteiger partial charge < -0.3 is 15.5 Å². The van der Waals surface area contributed by atoms with E-state index in [0.29, 0.717) is 6.04 Å². The first-order valence-corrected chi connectivity index (χ1v) is 8.01. The second-order valence-corrected chi connectivity index (χ2v) is 6.90. The summed E-state index contributed by atoms with van der Waals surface area (Å²) in [6.07, 6.45) is 1.08. The van der Waals surface area contributed by atoms with Gasteiger partial charge in [-0.3, -0.25) is 4.99 Å². The fourth-order valence-electron chi connectivity index (χ4n) is 2.30. The molecule has 2 N–H and O–H groups in total. The second kappa shape index (κ2) is 8.18. The van der Waals surface area contributed by atoms with E-state index in [1.54, 1.807) is 0 Å². The second-order valence-electron chi connectivity index (χ2n) is 6.90. The molecule has 0 saturated carbocycles. The van der Waals surface area contributed by atoms with Gasteiger partial charge in [-0.1, -0.05) is 31.2 Å². The zero-order chi connectivity index (χ0) is 16.8. The van der Waals surface area contributed by atoms with Gasteiger partial charge in [0.2, 0.25) is 0 Å². The molecule has 0 aliphatic heterocycles. The molecule has 0 amide bonds. The zero-order valence-electron chi connectivity index (χ0n) is 15.2. The summed E-state index contributed by atoms with van der Waals surface area (Å²) in [6.45, 7) is 9.39. The largest absolute Gasteiger partial charge is 0.354 e. The fraction of sp³-hybridized carbons (Fsp3) is 0.611. The molecule has 1 unspecified atom stereocenters. The molecule has 0 aromatic heterocycles. The minimum absolute atomic E-state index is 0.00176. The van der Waals surface area contributed by atoms with Crippen LogP contribution in [0.3, 0.4) is 0 Å². The Bertz CT molecular complexity index is 469. The van der Waals surface area contributed by atoms with Gasteiger partial charge in [0.15, 0.2) is 5.96 Å². The maximum Gasteiger partial charge on any atom is 0.191 e. The summed E-state index contributed by atoms with van der Waals surface area (Å²) < 4.78 is 0. The van der Waals surface area contributed by atoms with E-state index in [0.717, 1.165) is 18.9 Å². The van der Waals surface area contributed by atoms with Gasteiger partial charge in [-0.15, -0.1) is 0 Å². The zero-order valence-corrected chi connectivity index (χ0v) is 15.2. The van der Waals surface area contributed by atoms with Crippen LogP contribution in [0.15, 0.2) is 29.3 Å². The molecule has 1 atom stereocenters. The van der Waals surface area contributed by atoms with Gasteiger partial charge in [-0.05, 0) is 52.4 Å². The first-order chi connectivity index (χ1) is 10.3. The molecular formula is C18H32N4. The predicted molar refractivity (Wildman–Crippen MR) is 96.5 cm³/mol. The molecule has 1 rings (SSSR count). The standard InChI is InChI=1S/C18H32N4/c1-8-14-9-11-15(12-10-14)16(22(6)7)13-20-17(19-5)21-18(2,3)4/h9-12,16H,8,13H2,1-7H3,(H2,19,20,21). The number of likely N-dealkylation sites (N-methyl/N-ethyl adjacent to an activating group) is 1. The summed E-state index contributed by atoms with van der Waals surface area (Å²) in [5.41, 5.74) is 2.69. The molecule has 124 valence electrons. The smallest absolute Gasteiger partial charge is 0.191 e. The number of hydrogen-bond donors (Lipinski definition) is 2. The van der Waals surface area contributed by atoms with E-state index >= 15 is 0 Å². The summed E-state index contributed by atoms with van der Waals surface area (Å²) >= 11 is 0. The Labute approximate surface area is 136 Å². The van der Waals surface area contributed by atoms with E-state index < -0.39 is 0 Å². The molecule has 0 bridgehead atoms. The lowest BCUT2D eigenvalue weighted by atomic mass is 10.0. The Morgan fingerprint density at radius 1 is 1.18 bits per heavy atom. The molecule has 22 heavy (non-hydrogen) atoms. The molecule has 0 radical (unpaired) electrons. The molecule has 0 spiro atoms. The van der Waals surface area contributed by atoms with E-state index in [9.17, 15) is 0 Å². The number of hydrogen-bond acceptors (Lipinski definition) is 2. The van der Waals surface area contributed by atoms with E-state index in [1.807, 2.05) is 7.05 Å². The lowest BCUT2D eigenvalue weighted by Gasteiger charge is -2.28. The van der Waals surface area contributed by atoms with Crippen LogP contribution in [-0.4, -0.2) is 44.1 Å². The Hall–Kier alpha value is -1.55. The third kappa shape index (κ3) is 6.06. The van der Waals surface area contributed by atoms with Crippen LogP contribution in [0.1, 0.15) is 44.9 Å². The first-order valence-electron chi connectivity index (χ1n) is 8.01. The normalized spacial score (nSPS) is 14.1. The van der Waals surface area contributed by atoms with Crippen LogP contribution in [0.4, 0.5) is 0 Å². The molecule has 0 saturated heterocycles. The summed E-state index contributed by atoms with van der Waals surface area (Å²) in [5.74, 6) is 0.838. The van der Waals surface area contributed by atoms with Crippen LogP contribution < -0.4 is 10.6 Å². The predicted octanol–water partition coefficient (Wildman–Crippen LogP) is 2.82. The molecular weight excluding hydrogens is 272 g/mol. The first kappa shape index (κ1) is 18.5. The Kier molecular flexibility index (Phi) is 6.88. The molecule has 0 fully saturated rings. The summed E-state index contributed by atoms with van der Waals surface area (Å²) in [5, 5.41) is 6.82. The number of guanidine groups is 1. The SMILES string of the molecule is CCc1ccc(C(CNC(=NC)NC(C)(C)C)N(C)C)cc1. The topological polar surface area (TPSA) is 39.7 Å². The molecule has 0 heterocycles. The lowest BCUT2D eigenvalue weighted by Crippen LogP contribution is -2.49. The van der Waals surface area contributed by atoms with E-state index in [2.05, 4.69) is 86.6 Å². The maximum atomic E-state index is 4.30. The number of rotatable bonds is 5. The summed E-state index contributed by atoms with van der Waals surface area (Å²) in [6, 6.07) is 9.20. The maximum absolute atomic E-state index is 4.30. The average Bonchev–Trinajstić information content (AvgIpc) is 2.45. The van der Waals surface area contributed by atoms with Gasteiger partial charge >= 0.3 is 0 Å². The highest BCUT2D eigenvalue weighted by Crippen LogP contribution is 2.18. The van der Waals surface area contributed by atoms with Crippen molar-refractivity contribution in [1.82, 2.24) is 15.5 Å². The van der Waals surface area contributed by atoms with Gasteiger partial charge in [0.05, 0.1) is 6.04 Å². The average molecular weight is 304 g/mol. The van der Waals surface area contributed by atoms with Gasteiger partial charge in [-0.25, -0.2) is 0 Å². The number of nitrogens with one attached hydrogen (secondary N) is 2. The van der Waals surface area contributed by atoms with Crippen LogP contribution >= 0.6 is 0 Å². The number of benzene rings is 1. The van der Waals surface area contributed by atoms with Crippen molar-refractivity contribution in [3.05, 3.63) is 35.4 Å². The lowest BCUT2D eigenvalue weighted by molar-refractivity contribution is 0.297. The van der Waals surface area contributed by atoms with Crippen LogP contribution in [0.5, 0.6) is 0 Å². The quantitative estimate of drug-likeness (QED) is 0.649. The van der Waals surface area contributed by atoms with Crippen molar-refractivity contribution in [1.29, 1.82) is 0 Å². The van der Waals surface area contributed by atoms with Crippen molar-refractivity contribution < 1.29 is 0 Å². The third-order valence-electron chi connectivity index (χ3n) is 3.58. The Morgan fingerprint density at radius 2 is 1.77 bits per heavy atom. The van der Waals surface area contributed by atoms with Crippen LogP contribution in [0.25, 0.3) is 0 Å². The van der Waals surface area contributed by atoms with Crippen LogP contribution in [-0.2, 0) is 6.42 Å². The van der Waals surface area contributed by atoms with Crippen molar-refractivity contribution in [2.45, 2.75) is 45.7 Å². The van der Waals surface area contributed by atoms with E-state index in [4.69, 9.17) is 0 Å². The van der Waals surface area contributed by atoms with Crippen LogP contribution in [0, 0.1) is 0 Å². The van der Waals surface area contributed by atoms with Crippen molar-refractivity contribution in [2.24, 2.45) is 4.99 Å². The number of aliphatic imine (C=N–C) groups is 1. The van der Waals surface area contributed by atoms with Crippen molar-refractivity contribution in [2.75, 3.05) is 27.7 Å². The van der Waals surface area contributed by atoms with Gasteiger partial charge in [0, 0.05) is 19.1 Å². The van der Waals surface area contributed by atoms with Crippen LogP contribution in [0.2, 0.25) is 0 Å². The monoisotopic (exact) mass is 304 g/mol. The highest BCUT2D eigenvalue weighted by Gasteiger charge is 2.16. The van der Waals surface area contributed by atoms with Crippen molar-refractivity contribution in [3.8, 4) is 0 Å². The van der Waals surface area contributed by atoms with Gasteiger partial charge in [-0.2, -0.15) is 0 Å². The van der Waals surface area contributed by atoms with Gasteiger partial charge in [0.25, 0.3) is 0 Å². The Balaban J connectivity index is 2.75. The highest BCUT2D eigenvalue weighted by molar-refractivity contribution is 5.80. The molecule has 0 aliphatic rings. The van der Waals surface area contributed by atoms with Crippen molar-refractivity contribution >= 4 is 5.96 Å². The van der Waals surface area contributed by atoms with Gasteiger partial charge in [0.1, 0.15) is 0 Å². The minimum atomic E-state index is -0.00176. The highest BCUT2D eigenvalue weighted by atomic mass is 15.2. The number of aryl methyl sites for hydroxylation is 1. The molecule has 4 heteroatoms. The molecule has 0 aliphatic carbocycles. The summed E-state index contributed by atoms with van der Waals surface area (Å²) in [4.78, 5) is 6.54. The van der Waals surface area contributed by atoms with E-state index in [1.165, 1.54) is 11.1 Å². The van der Waals surface area contributed by atoms with E-state index in [-0.39, 0.29) is 5.54 Å². The fourth-order valence-corrected chi connectivity index (χ4v) is 2.30. The molecule has 1 aromatic rings. The molecule has 1 aromatic carbocycles. The summed E-state index contributed by atoms with van der Waals surface area (Å²) in [7, 11) is 6.03. The van der Waals surface area contributed by atoms with Crippen molar-refractivity contribution in [3.63, 3.8) is 0 Å².